The minimum atomic E-state index is -0.675. The molecule has 4 heterocycles. The van der Waals surface area contributed by atoms with Crippen LogP contribution in [0.1, 0.15) is 24.5 Å². The Bertz CT molecular complexity index is 931. The maximum atomic E-state index is 12.4. The van der Waals surface area contributed by atoms with E-state index in [1.807, 2.05) is 30.3 Å². The van der Waals surface area contributed by atoms with Gasteiger partial charge in [0, 0.05) is 37.4 Å². The van der Waals surface area contributed by atoms with Gasteiger partial charge in [0.15, 0.2) is 6.54 Å². The van der Waals surface area contributed by atoms with Crippen molar-refractivity contribution < 1.29 is 19.1 Å². The number of nitrogens with one attached hydrogen (secondary N) is 1. The van der Waals surface area contributed by atoms with E-state index in [1.54, 1.807) is 20.4 Å². The van der Waals surface area contributed by atoms with Crippen molar-refractivity contribution in [3.8, 4) is 5.75 Å². The molecule has 6 nitrogen and oxygen atoms in total. The number of piperidine rings is 3. The molecule has 3 aliphatic heterocycles. The summed E-state index contributed by atoms with van der Waals surface area (Å²) >= 11 is 0. The van der Waals surface area contributed by atoms with Crippen molar-refractivity contribution in [3.63, 3.8) is 0 Å². The smallest absolute Gasteiger partial charge is 0.275 e. The zero-order valence-corrected chi connectivity index (χ0v) is 17.2. The third-order valence-electron chi connectivity index (χ3n) is 7.08. The molecule has 3 saturated heterocycles. The number of likely N-dealkylation sites (N-methyl/N-ethyl adjacent to an activating group) is 1. The minimum absolute atomic E-state index is 0.0200. The van der Waals surface area contributed by atoms with E-state index in [-0.39, 0.29) is 11.9 Å². The van der Waals surface area contributed by atoms with E-state index in [0.717, 1.165) is 48.1 Å². The van der Waals surface area contributed by atoms with Gasteiger partial charge in [-0.25, -0.2) is 0 Å². The molecule has 0 saturated carbocycles. The number of pyridine rings is 1. The quantitative estimate of drug-likeness (QED) is 0.581. The van der Waals surface area contributed by atoms with Crippen LogP contribution in [0.5, 0.6) is 5.75 Å². The van der Waals surface area contributed by atoms with Crippen molar-refractivity contribution in [3.05, 3.63) is 48.7 Å². The van der Waals surface area contributed by atoms with Crippen LogP contribution < -0.4 is 10.1 Å². The fourth-order valence-electron chi connectivity index (χ4n) is 5.48. The minimum Gasteiger partial charge on any atom is -0.497 e. The predicted molar refractivity (Wildman–Crippen MR) is 112 cm³/mol. The number of fused-ring (bicyclic) bond motifs is 4. The summed E-state index contributed by atoms with van der Waals surface area (Å²) in [6, 6.07) is 7.61. The summed E-state index contributed by atoms with van der Waals surface area (Å²) in [6.45, 7) is 6.19. The SMILES string of the molecule is C=CC1C[N+]2(CC(=O)NC)CCC1CC2[C@H](O)c1ccnc2ccc(OC)cc12. The molecule has 4 unspecified atom stereocenters. The zero-order valence-electron chi connectivity index (χ0n) is 17.2. The second-order valence-electron chi connectivity index (χ2n) is 8.44. The van der Waals surface area contributed by atoms with Crippen molar-refractivity contribution in [2.75, 3.05) is 33.8 Å². The van der Waals surface area contributed by atoms with Gasteiger partial charge >= 0.3 is 0 Å². The van der Waals surface area contributed by atoms with Gasteiger partial charge in [0.2, 0.25) is 0 Å². The molecule has 29 heavy (non-hydrogen) atoms. The number of amides is 1. The highest BCUT2D eigenvalue weighted by molar-refractivity contribution is 5.84. The molecule has 154 valence electrons. The average Bonchev–Trinajstić information content (AvgIpc) is 2.77. The Morgan fingerprint density at radius 2 is 2.31 bits per heavy atom. The maximum Gasteiger partial charge on any atom is 0.275 e. The van der Waals surface area contributed by atoms with Gasteiger partial charge in [0.1, 0.15) is 17.9 Å². The Labute approximate surface area is 171 Å². The molecule has 3 fully saturated rings. The normalized spacial score (nSPS) is 29.4. The molecule has 3 aliphatic rings. The van der Waals surface area contributed by atoms with E-state index < -0.39 is 6.10 Å². The van der Waals surface area contributed by atoms with Gasteiger partial charge in [0.25, 0.3) is 5.91 Å². The van der Waals surface area contributed by atoms with Gasteiger partial charge in [-0.15, -0.1) is 6.58 Å². The number of ether oxygens (including phenoxy) is 1. The van der Waals surface area contributed by atoms with Crippen LogP contribution in [-0.2, 0) is 4.79 Å². The molecule has 0 aliphatic carbocycles. The monoisotopic (exact) mass is 396 g/mol. The number of carbonyl (C=O) groups is 1. The van der Waals surface area contributed by atoms with E-state index in [9.17, 15) is 9.90 Å². The summed E-state index contributed by atoms with van der Waals surface area (Å²) in [5.41, 5.74) is 1.69. The number of hydrogen-bond donors (Lipinski definition) is 2. The Kier molecular flexibility index (Phi) is 5.32. The first-order valence-corrected chi connectivity index (χ1v) is 10.3. The summed E-state index contributed by atoms with van der Waals surface area (Å²) in [5.74, 6) is 1.67. The standard InChI is InChI=1S/C23H29N3O3/c1-4-15-13-26(14-22(27)24-2)10-8-16(15)11-21(26)23(28)18-7-9-25-20-6-5-17(29-3)12-19(18)20/h4-7,9,12,15-16,21,23,28H,1,8,10-11,13-14H2,2-3H3/p+1/t15?,16?,21?,23-,26?/m1/s1. The third kappa shape index (κ3) is 3.40. The highest BCUT2D eigenvalue weighted by Gasteiger charge is 2.54. The Hall–Kier alpha value is -2.44. The lowest BCUT2D eigenvalue weighted by Crippen LogP contribution is -2.70. The van der Waals surface area contributed by atoms with Gasteiger partial charge in [-0.3, -0.25) is 9.78 Å². The molecule has 1 aromatic heterocycles. The van der Waals surface area contributed by atoms with E-state index in [0.29, 0.717) is 22.9 Å². The maximum absolute atomic E-state index is 12.4. The van der Waals surface area contributed by atoms with Crippen LogP contribution in [-0.4, -0.2) is 60.3 Å². The molecule has 5 rings (SSSR count). The van der Waals surface area contributed by atoms with Crippen LogP contribution in [0.2, 0.25) is 0 Å². The van der Waals surface area contributed by atoms with Crippen LogP contribution in [0.15, 0.2) is 43.1 Å². The molecule has 1 aromatic carbocycles. The molecule has 0 radical (unpaired) electrons. The number of hydrogen-bond acceptors (Lipinski definition) is 4. The largest absolute Gasteiger partial charge is 0.497 e. The number of nitrogens with zero attached hydrogens (tertiary/aromatic N) is 2. The Balaban J connectivity index is 1.75. The number of aliphatic hydroxyl groups excluding tert-OH is 1. The van der Waals surface area contributed by atoms with Gasteiger partial charge in [-0.05, 0) is 35.7 Å². The topological polar surface area (TPSA) is 71.5 Å². The first-order valence-electron chi connectivity index (χ1n) is 10.3. The number of methoxy groups -OCH3 is 1. The lowest BCUT2D eigenvalue weighted by atomic mass is 9.71. The second kappa shape index (κ2) is 7.76. The molecule has 5 atom stereocenters. The summed E-state index contributed by atoms with van der Waals surface area (Å²) < 4.78 is 6.00. The van der Waals surface area contributed by atoms with Crippen LogP contribution in [0.4, 0.5) is 0 Å². The number of quaternary nitrogens is 1. The highest BCUT2D eigenvalue weighted by atomic mass is 16.5. The van der Waals surface area contributed by atoms with Gasteiger partial charge in [-0.2, -0.15) is 0 Å². The lowest BCUT2D eigenvalue weighted by molar-refractivity contribution is -0.966. The Morgan fingerprint density at radius 3 is 3.03 bits per heavy atom. The van der Waals surface area contributed by atoms with E-state index >= 15 is 0 Å². The third-order valence-corrected chi connectivity index (χ3v) is 7.08. The molecule has 6 heteroatoms. The fraction of sp³-hybridized carbons (Fsp3) is 0.478. The summed E-state index contributed by atoms with van der Waals surface area (Å²) in [5, 5.41) is 15.3. The van der Waals surface area contributed by atoms with Crippen LogP contribution in [0.3, 0.4) is 0 Å². The van der Waals surface area contributed by atoms with E-state index in [4.69, 9.17) is 4.74 Å². The second-order valence-corrected chi connectivity index (χ2v) is 8.44. The first kappa shape index (κ1) is 19.9. The number of rotatable bonds is 6. The summed E-state index contributed by atoms with van der Waals surface area (Å²) in [4.78, 5) is 16.8. The van der Waals surface area contributed by atoms with Crippen molar-refractivity contribution in [1.82, 2.24) is 10.3 Å². The zero-order chi connectivity index (χ0) is 20.6. The highest BCUT2D eigenvalue weighted by Crippen LogP contribution is 2.47. The molecular weight excluding hydrogens is 366 g/mol. The number of carbonyl (C=O) groups excluding carboxylic acids is 1. The predicted octanol–water partition coefficient (Wildman–Crippen LogP) is 2.43. The molecule has 2 bridgehead atoms. The van der Waals surface area contributed by atoms with Gasteiger partial charge in [-0.1, -0.05) is 6.08 Å². The Morgan fingerprint density at radius 1 is 1.48 bits per heavy atom. The molecule has 1 amide bonds. The van der Waals surface area contributed by atoms with Gasteiger partial charge in [0.05, 0.1) is 25.7 Å². The molecule has 2 N–H and O–H groups in total. The van der Waals surface area contributed by atoms with Crippen LogP contribution >= 0.6 is 0 Å². The van der Waals surface area contributed by atoms with Gasteiger partial charge < -0.3 is 19.6 Å². The molecular formula is C23H30N3O3+. The average molecular weight is 397 g/mol. The fourth-order valence-corrected chi connectivity index (χ4v) is 5.48. The van der Waals surface area contributed by atoms with Crippen LogP contribution in [0, 0.1) is 11.8 Å². The summed E-state index contributed by atoms with van der Waals surface area (Å²) in [7, 11) is 3.31. The van der Waals surface area contributed by atoms with Crippen LogP contribution in [0.25, 0.3) is 10.9 Å². The van der Waals surface area contributed by atoms with E-state index in [1.165, 1.54) is 0 Å². The molecule has 0 spiro atoms. The lowest BCUT2D eigenvalue weighted by Gasteiger charge is -2.57. The van der Waals surface area contributed by atoms with Crippen molar-refractivity contribution >= 4 is 16.8 Å². The van der Waals surface area contributed by atoms with Crippen molar-refractivity contribution in [1.29, 1.82) is 0 Å². The number of aromatic nitrogens is 1. The summed E-state index contributed by atoms with van der Waals surface area (Å²) in [6.07, 6.45) is 5.07. The van der Waals surface area contributed by atoms with Crippen molar-refractivity contribution in [2.24, 2.45) is 11.8 Å². The van der Waals surface area contributed by atoms with Crippen molar-refractivity contribution in [2.45, 2.75) is 25.0 Å². The number of benzene rings is 1. The first-order chi connectivity index (χ1) is 14.0. The van der Waals surface area contributed by atoms with E-state index in [2.05, 4.69) is 16.9 Å². The molecule has 2 aromatic rings. The number of aliphatic hydroxyl groups is 1.